The van der Waals surface area contributed by atoms with Crippen LogP contribution in [0.3, 0.4) is 0 Å². The van der Waals surface area contributed by atoms with Crippen molar-refractivity contribution in [3.8, 4) is 5.75 Å². The fourth-order valence-corrected chi connectivity index (χ4v) is 2.19. The number of rotatable bonds is 3. The average Bonchev–Trinajstić information content (AvgIpc) is 2.41. The van der Waals surface area contributed by atoms with Gasteiger partial charge in [-0.05, 0) is 6.07 Å². The number of phenols is 1. The van der Waals surface area contributed by atoms with Crippen LogP contribution >= 0.6 is 0 Å². The van der Waals surface area contributed by atoms with E-state index < -0.39 is 30.1 Å². The molecular formula is C12H15F3N2O. The molecule has 1 atom stereocenters. The number of alkyl halides is 1. The number of piperazine rings is 1. The zero-order chi connectivity index (χ0) is 13.1. The van der Waals surface area contributed by atoms with Crippen LogP contribution in [-0.2, 0) is 0 Å². The summed E-state index contributed by atoms with van der Waals surface area (Å²) in [5.41, 5.74) is 0.0956. The van der Waals surface area contributed by atoms with E-state index in [1.165, 1.54) is 6.07 Å². The molecule has 0 saturated carbocycles. The van der Waals surface area contributed by atoms with Gasteiger partial charge in [-0.1, -0.05) is 6.07 Å². The molecule has 0 aromatic heterocycles. The fourth-order valence-electron chi connectivity index (χ4n) is 2.19. The first-order chi connectivity index (χ1) is 8.65. The van der Waals surface area contributed by atoms with Crippen molar-refractivity contribution in [2.24, 2.45) is 0 Å². The monoisotopic (exact) mass is 260 g/mol. The van der Waals surface area contributed by atoms with Gasteiger partial charge in [-0.15, -0.1) is 0 Å². The Morgan fingerprint density at radius 2 is 1.94 bits per heavy atom. The predicted octanol–water partition coefficient (Wildman–Crippen LogP) is 1.59. The highest BCUT2D eigenvalue weighted by Crippen LogP contribution is 2.32. The third kappa shape index (κ3) is 2.44. The van der Waals surface area contributed by atoms with E-state index in [-0.39, 0.29) is 5.56 Å². The van der Waals surface area contributed by atoms with Crippen LogP contribution in [0.4, 0.5) is 13.2 Å². The molecule has 1 heterocycles. The number of hydrogen-bond acceptors (Lipinski definition) is 3. The van der Waals surface area contributed by atoms with Gasteiger partial charge in [0, 0.05) is 31.7 Å². The van der Waals surface area contributed by atoms with Crippen LogP contribution in [0.1, 0.15) is 11.6 Å². The molecule has 1 saturated heterocycles. The Balaban J connectivity index is 2.29. The van der Waals surface area contributed by atoms with Crippen LogP contribution < -0.4 is 5.32 Å². The zero-order valence-corrected chi connectivity index (χ0v) is 9.80. The third-order valence-corrected chi connectivity index (χ3v) is 3.20. The summed E-state index contributed by atoms with van der Waals surface area (Å²) in [6.45, 7) is 1.88. The molecule has 0 amide bonds. The number of halogens is 3. The Bertz CT molecular complexity index is 422. The topological polar surface area (TPSA) is 35.5 Å². The van der Waals surface area contributed by atoms with Gasteiger partial charge in [0.15, 0.2) is 11.6 Å². The SMILES string of the molecule is Oc1c([C@@H](CF)N2CCNCC2)ccc(F)c1F. The summed E-state index contributed by atoms with van der Waals surface area (Å²) < 4.78 is 39.3. The first kappa shape index (κ1) is 13.2. The molecular weight excluding hydrogens is 245 g/mol. The Kier molecular flexibility index (Phi) is 4.08. The minimum atomic E-state index is -1.32. The highest BCUT2D eigenvalue weighted by Gasteiger charge is 2.26. The van der Waals surface area contributed by atoms with Crippen LogP contribution in [0.15, 0.2) is 12.1 Å². The molecule has 0 aliphatic carbocycles. The molecule has 0 radical (unpaired) electrons. The third-order valence-electron chi connectivity index (χ3n) is 3.20. The molecule has 1 aromatic rings. The number of nitrogens with one attached hydrogen (secondary N) is 1. The quantitative estimate of drug-likeness (QED) is 0.866. The van der Waals surface area contributed by atoms with E-state index in [1.54, 1.807) is 0 Å². The number of hydrogen-bond donors (Lipinski definition) is 2. The lowest BCUT2D eigenvalue weighted by atomic mass is 10.0. The maximum Gasteiger partial charge on any atom is 0.200 e. The second kappa shape index (κ2) is 5.58. The summed E-state index contributed by atoms with van der Waals surface area (Å²) in [5, 5.41) is 12.7. The predicted molar refractivity (Wildman–Crippen MR) is 61.2 cm³/mol. The van der Waals surface area contributed by atoms with Gasteiger partial charge < -0.3 is 10.4 Å². The van der Waals surface area contributed by atoms with Crippen molar-refractivity contribution >= 4 is 0 Å². The first-order valence-corrected chi connectivity index (χ1v) is 5.82. The van der Waals surface area contributed by atoms with Crippen molar-refractivity contribution in [3.05, 3.63) is 29.3 Å². The normalized spacial score (nSPS) is 18.8. The maximum atomic E-state index is 13.3. The summed E-state index contributed by atoms with van der Waals surface area (Å²) in [5.74, 6) is -3.24. The lowest BCUT2D eigenvalue weighted by molar-refractivity contribution is 0.144. The standard InChI is InChI=1S/C12H15F3N2O/c13-7-10(17-5-3-16-4-6-17)8-1-2-9(14)11(15)12(8)18/h1-2,10,16,18H,3-7H2/t10-/m1/s1. The Hall–Kier alpha value is -1.27. The molecule has 100 valence electrons. The summed E-state index contributed by atoms with van der Waals surface area (Å²) in [6.07, 6.45) is 0. The van der Waals surface area contributed by atoms with Crippen LogP contribution in [0.2, 0.25) is 0 Å². The smallest absolute Gasteiger partial charge is 0.200 e. The second-order valence-corrected chi connectivity index (χ2v) is 4.26. The summed E-state index contributed by atoms with van der Waals surface area (Å²) in [6, 6.07) is 1.41. The first-order valence-electron chi connectivity index (χ1n) is 5.82. The molecule has 1 fully saturated rings. The van der Waals surface area contributed by atoms with Gasteiger partial charge in [0.1, 0.15) is 6.67 Å². The van der Waals surface area contributed by atoms with E-state index in [2.05, 4.69) is 5.32 Å². The van der Waals surface area contributed by atoms with Gasteiger partial charge in [0.25, 0.3) is 0 Å². The molecule has 2 rings (SSSR count). The van der Waals surface area contributed by atoms with Crippen molar-refractivity contribution in [3.63, 3.8) is 0 Å². The molecule has 2 N–H and O–H groups in total. The molecule has 6 heteroatoms. The molecule has 0 unspecified atom stereocenters. The van der Waals surface area contributed by atoms with Crippen LogP contribution in [-0.4, -0.2) is 42.9 Å². The van der Waals surface area contributed by atoms with Crippen LogP contribution in [0, 0.1) is 11.6 Å². The van der Waals surface area contributed by atoms with E-state index in [0.717, 1.165) is 6.07 Å². The largest absolute Gasteiger partial charge is 0.505 e. The lowest BCUT2D eigenvalue weighted by Crippen LogP contribution is -2.45. The van der Waals surface area contributed by atoms with E-state index in [9.17, 15) is 18.3 Å². The molecule has 1 aliphatic heterocycles. The number of nitrogens with zero attached hydrogens (tertiary/aromatic N) is 1. The molecule has 3 nitrogen and oxygen atoms in total. The summed E-state index contributed by atoms with van der Waals surface area (Å²) >= 11 is 0. The molecule has 0 bridgehead atoms. The average molecular weight is 260 g/mol. The van der Waals surface area contributed by atoms with Gasteiger partial charge in [-0.25, -0.2) is 8.78 Å². The van der Waals surface area contributed by atoms with E-state index in [1.807, 2.05) is 4.90 Å². The van der Waals surface area contributed by atoms with Gasteiger partial charge in [-0.3, -0.25) is 4.90 Å². The Morgan fingerprint density at radius 3 is 2.56 bits per heavy atom. The van der Waals surface area contributed by atoms with Gasteiger partial charge >= 0.3 is 0 Å². The highest BCUT2D eigenvalue weighted by atomic mass is 19.2. The number of phenolic OH excluding ortho intramolecular Hbond substituents is 1. The van der Waals surface area contributed by atoms with E-state index in [4.69, 9.17) is 0 Å². The Morgan fingerprint density at radius 1 is 1.28 bits per heavy atom. The molecule has 1 aliphatic rings. The van der Waals surface area contributed by atoms with Crippen LogP contribution in [0.5, 0.6) is 5.75 Å². The fraction of sp³-hybridized carbons (Fsp3) is 0.500. The van der Waals surface area contributed by atoms with Crippen LogP contribution in [0.25, 0.3) is 0 Å². The highest BCUT2D eigenvalue weighted by molar-refractivity contribution is 5.37. The lowest BCUT2D eigenvalue weighted by Gasteiger charge is -2.33. The van der Waals surface area contributed by atoms with Crippen molar-refractivity contribution < 1.29 is 18.3 Å². The molecule has 1 aromatic carbocycles. The summed E-state index contributed by atoms with van der Waals surface area (Å²) in [4.78, 5) is 1.81. The minimum absolute atomic E-state index is 0.0956. The molecule has 18 heavy (non-hydrogen) atoms. The molecule has 0 spiro atoms. The van der Waals surface area contributed by atoms with Crippen molar-refractivity contribution in [2.75, 3.05) is 32.9 Å². The van der Waals surface area contributed by atoms with E-state index >= 15 is 0 Å². The maximum absolute atomic E-state index is 13.3. The minimum Gasteiger partial charge on any atom is -0.505 e. The Labute approximate surface area is 103 Å². The van der Waals surface area contributed by atoms with Gasteiger partial charge in [0.05, 0.1) is 6.04 Å². The van der Waals surface area contributed by atoms with Gasteiger partial charge in [0.2, 0.25) is 5.82 Å². The van der Waals surface area contributed by atoms with Crippen molar-refractivity contribution in [2.45, 2.75) is 6.04 Å². The summed E-state index contributed by atoms with van der Waals surface area (Å²) in [7, 11) is 0. The number of aromatic hydroxyl groups is 1. The second-order valence-electron chi connectivity index (χ2n) is 4.26. The van der Waals surface area contributed by atoms with Crippen molar-refractivity contribution in [1.82, 2.24) is 10.2 Å². The number of benzene rings is 1. The zero-order valence-electron chi connectivity index (χ0n) is 9.80. The van der Waals surface area contributed by atoms with Crippen molar-refractivity contribution in [1.29, 1.82) is 0 Å². The van der Waals surface area contributed by atoms with E-state index in [0.29, 0.717) is 26.2 Å². The van der Waals surface area contributed by atoms with Gasteiger partial charge in [-0.2, -0.15) is 4.39 Å².